The first kappa shape index (κ1) is 14.2. The van der Waals surface area contributed by atoms with Crippen LogP contribution in [0, 0.1) is 5.92 Å². The minimum absolute atomic E-state index is 0.549. The summed E-state index contributed by atoms with van der Waals surface area (Å²) in [7, 11) is 1.76. The lowest BCUT2D eigenvalue weighted by Crippen LogP contribution is -2.57. The van der Waals surface area contributed by atoms with E-state index in [0.29, 0.717) is 12.1 Å². The number of piperazine rings is 1. The highest BCUT2D eigenvalue weighted by atomic mass is 79.9. The molecule has 1 saturated carbocycles. The first-order valence-corrected chi connectivity index (χ1v) is 8.35. The minimum atomic E-state index is 0.549. The van der Waals surface area contributed by atoms with Crippen molar-refractivity contribution in [3.8, 4) is 5.75 Å². The third kappa shape index (κ3) is 2.82. The Hall–Kier alpha value is -0.740. The lowest BCUT2D eigenvalue weighted by molar-refractivity contribution is 0.353. The maximum Gasteiger partial charge on any atom is 0.142 e. The Kier molecular flexibility index (Phi) is 4.22. The Bertz CT molecular complexity index is 476. The molecule has 1 aliphatic carbocycles. The molecule has 0 amide bonds. The van der Waals surface area contributed by atoms with Crippen molar-refractivity contribution in [2.75, 3.05) is 25.1 Å². The van der Waals surface area contributed by atoms with Crippen LogP contribution in [-0.4, -0.2) is 32.3 Å². The fraction of sp³-hybridized carbons (Fsp3) is 0.625. The molecule has 2 aliphatic rings. The van der Waals surface area contributed by atoms with E-state index in [-0.39, 0.29) is 0 Å². The van der Waals surface area contributed by atoms with Crippen molar-refractivity contribution in [2.45, 2.75) is 38.3 Å². The summed E-state index contributed by atoms with van der Waals surface area (Å²) in [6.45, 7) is 4.44. The molecule has 1 saturated heterocycles. The number of anilines is 1. The summed E-state index contributed by atoms with van der Waals surface area (Å²) in [5, 5.41) is 3.74. The zero-order chi connectivity index (χ0) is 14.1. The van der Waals surface area contributed by atoms with Gasteiger partial charge in [-0.25, -0.2) is 0 Å². The zero-order valence-electron chi connectivity index (χ0n) is 12.2. The normalized spacial score (nSPS) is 26.6. The lowest BCUT2D eigenvalue weighted by atomic mass is 10.0. The third-order valence-corrected chi connectivity index (χ3v) is 5.06. The smallest absolute Gasteiger partial charge is 0.142 e. The number of halogens is 1. The van der Waals surface area contributed by atoms with Crippen LogP contribution in [0.15, 0.2) is 22.7 Å². The van der Waals surface area contributed by atoms with Gasteiger partial charge in [0.05, 0.1) is 12.8 Å². The monoisotopic (exact) mass is 338 g/mol. The minimum Gasteiger partial charge on any atom is -0.495 e. The molecule has 110 valence electrons. The molecule has 20 heavy (non-hydrogen) atoms. The first-order chi connectivity index (χ1) is 9.72. The Morgan fingerprint density at radius 2 is 2.20 bits per heavy atom. The molecule has 0 aromatic heterocycles. The molecule has 2 unspecified atom stereocenters. The van der Waals surface area contributed by atoms with E-state index < -0.39 is 0 Å². The van der Waals surface area contributed by atoms with Crippen molar-refractivity contribution in [2.24, 2.45) is 5.92 Å². The van der Waals surface area contributed by atoms with Crippen LogP contribution >= 0.6 is 15.9 Å². The van der Waals surface area contributed by atoms with E-state index in [1.807, 2.05) is 6.07 Å². The van der Waals surface area contributed by atoms with Gasteiger partial charge < -0.3 is 15.0 Å². The van der Waals surface area contributed by atoms with Gasteiger partial charge in [-0.05, 0) is 43.4 Å². The Morgan fingerprint density at radius 3 is 2.85 bits per heavy atom. The van der Waals surface area contributed by atoms with Crippen molar-refractivity contribution in [1.29, 1.82) is 0 Å². The van der Waals surface area contributed by atoms with E-state index in [9.17, 15) is 0 Å². The molecule has 1 N–H and O–H groups in total. The first-order valence-electron chi connectivity index (χ1n) is 7.56. The number of benzene rings is 1. The summed E-state index contributed by atoms with van der Waals surface area (Å²) in [6, 6.07) is 7.48. The van der Waals surface area contributed by atoms with Crippen LogP contribution in [0.2, 0.25) is 0 Å². The average molecular weight is 339 g/mol. The van der Waals surface area contributed by atoms with Crippen LogP contribution in [0.1, 0.15) is 26.2 Å². The standard InChI is InChI=1S/C16H23BrN2O/c1-3-13-9-18-14(11-4-5-11)10-19(13)15-8-12(17)6-7-16(15)20-2/h6-8,11,13-14,18H,3-5,9-10H2,1-2H3. The highest BCUT2D eigenvalue weighted by molar-refractivity contribution is 9.10. The van der Waals surface area contributed by atoms with Gasteiger partial charge in [-0.2, -0.15) is 0 Å². The molecule has 1 heterocycles. The molecule has 2 atom stereocenters. The molecule has 1 aromatic carbocycles. The van der Waals surface area contributed by atoms with E-state index >= 15 is 0 Å². The van der Waals surface area contributed by atoms with Crippen LogP contribution in [-0.2, 0) is 0 Å². The summed E-state index contributed by atoms with van der Waals surface area (Å²) < 4.78 is 6.69. The molecule has 3 rings (SSSR count). The van der Waals surface area contributed by atoms with Gasteiger partial charge >= 0.3 is 0 Å². The molecule has 1 aromatic rings. The van der Waals surface area contributed by atoms with E-state index in [2.05, 4.69) is 45.2 Å². The fourth-order valence-electron chi connectivity index (χ4n) is 3.18. The number of methoxy groups -OCH3 is 1. The highest BCUT2D eigenvalue weighted by Gasteiger charge is 2.37. The number of nitrogens with one attached hydrogen (secondary N) is 1. The summed E-state index contributed by atoms with van der Waals surface area (Å²) in [6.07, 6.45) is 3.93. The van der Waals surface area contributed by atoms with Gasteiger partial charge in [0.15, 0.2) is 0 Å². The number of hydrogen-bond acceptors (Lipinski definition) is 3. The zero-order valence-corrected chi connectivity index (χ0v) is 13.8. The topological polar surface area (TPSA) is 24.5 Å². The molecule has 0 spiro atoms. The molecule has 0 bridgehead atoms. The molecular formula is C16H23BrN2O. The summed E-state index contributed by atoms with van der Waals surface area (Å²) in [5.41, 5.74) is 1.22. The average Bonchev–Trinajstić information content (AvgIpc) is 3.31. The third-order valence-electron chi connectivity index (χ3n) is 4.56. The highest BCUT2D eigenvalue weighted by Crippen LogP contribution is 2.38. The van der Waals surface area contributed by atoms with Crippen LogP contribution in [0.3, 0.4) is 0 Å². The van der Waals surface area contributed by atoms with E-state index in [1.165, 1.54) is 18.5 Å². The van der Waals surface area contributed by atoms with Crippen LogP contribution in [0.25, 0.3) is 0 Å². The van der Waals surface area contributed by atoms with Crippen LogP contribution < -0.4 is 15.0 Å². The molecule has 3 nitrogen and oxygen atoms in total. The van der Waals surface area contributed by atoms with Crippen molar-refractivity contribution in [3.05, 3.63) is 22.7 Å². The van der Waals surface area contributed by atoms with E-state index in [0.717, 1.165) is 35.7 Å². The van der Waals surface area contributed by atoms with E-state index in [1.54, 1.807) is 7.11 Å². The molecule has 4 heteroatoms. The Balaban J connectivity index is 1.89. The fourth-order valence-corrected chi connectivity index (χ4v) is 3.53. The van der Waals surface area contributed by atoms with Gasteiger partial charge in [0.2, 0.25) is 0 Å². The predicted octanol–water partition coefficient (Wildman–Crippen LogP) is 3.42. The number of rotatable bonds is 4. The molecule has 1 aliphatic heterocycles. The lowest BCUT2D eigenvalue weighted by Gasteiger charge is -2.42. The van der Waals surface area contributed by atoms with Gasteiger partial charge in [0.25, 0.3) is 0 Å². The van der Waals surface area contributed by atoms with Crippen LogP contribution in [0.4, 0.5) is 5.69 Å². The Morgan fingerprint density at radius 1 is 1.40 bits per heavy atom. The van der Waals surface area contributed by atoms with Crippen molar-refractivity contribution in [1.82, 2.24) is 5.32 Å². The Labute approximate surface area is 129 Å². The summed E-state index contributed by atoms with van der Waals surface area (Å²) in [5.74, 6) is 1.86. The predicted molar refractivity (Wildman–Crippen MR) is 86.6 cm³/mol. The SMILES string of the molecule is CCC1CNC(C2CC2)CN1c1cc(Br)ccc1OC. The maximum absolute atomic E-state index is 5.57. The van der Waals surface area contributed by atoms with Gasteiger partial charge in [-0.1, -0.05) is 22.9 Å². The van der Waals surface area contributed by atoms with Crippen molar-refractivity contribution in [3.63, 3.8) is 0 Å². The molecule has 2 fully saturated rings. The summed E-state index contributed by atoms with van der Waals surface area (Å²) in [4.78, 5) is 2.54. The number of hydrogen-bond donors (Lipinski definition) is 1. The number of ether oxygens (including phenoxy) is 1. The summed E-state index contributed by atoms with van der Waals surface area (Å²) >= 11 is 3.59. The van der Waals surface area contributed by atoms with Gasteiger partial charge in [0.1, 0.15) is 5.75 Å². The van der Waals surface area contributed by atoms with Crippen molar-refractivity contribution >= 4 is 21.6 Å². The number of nitrogens with zero attached hydrogens (tertiary/aromatic N) is 1. The van der Waals surface area contributed by atoms with E-state index in [4.69, 9.17) is 4.74 Å². The van der Waals surface area contributed by atoms with Crippen LogP contribution in [0.5, 0.6) is 5.75 Å². The van der Waals surface area contributed by atoms with Gasteiger partial charge in [-0.15, -0.1) is 0 Å². The van der Waals surface area contributed by atoms with Gasteiger partial charge in [0, 0.05) is 29.6 Å². The largest absolute Gasteiger partial charge is 0.495 e. The molecule has 0 radical (unpaired) electrons. The maximum atomic E-state index is 5.57. The second-order valence-corrected chi connectivity index (χ2v) is 6.80. The second kappa shape index (κ2) is 5.94. The second-order valence-electron chi connectivity index (χ2n) is 5.88. The van der Waals surface area contributed by atoms with Gasteiger partial charge in [-0.3, -0.25) is 0 Å². The quantitative estimate of drug-likeness (QED) is 0.910. The van der Waals surface area contributed by atoms with Crippen molar-refractivity contribution < 1.29 is 4.74 Å². The molecular weight excluding hydrogens is 316 g/mol.